The van der Waals surface area contributed by atoms with Crippen LogP contribution in [0.2, 0.25) is 0 Å². The van der Waals surface area contributed by atoms with E-state index >= 15 is 0 Å². The number of likely N-dealkylation sites (tertiary alicyclic amines) is 1. The van der Waals surface area contributed by atoms with Crippen molar-refractivity contribution in [2.75, 3.05) is 59.9 Å². The van der Waals surface area contributed by atoms with Gasteiger partial charge in [-0.1, -0.05) is 12.1 Å². The summed E-state index contributed by atoms with van der Waals surface area (Å²) in [5.41, 5.74) is 0.883. The van der Waals surface area contributed by atoms with Gasteiger partial charge in [0.1, 0.15) is 5.75 Å². The Labute approximate surface area is 172 Å². The number of benzene rings is 1. The molecule has 0 bridgehead atoms. The third-order valence-corrected chi connectivity index (χ3v) is 5.88. The van der Waals surface area contributed by atoms with Crippen LogP contribution < -0.4 is 4.74 Å². The molecule has 1 unspecified atom stereocenters. The minimum absolute atomic E-state index is 0.0729. The summed E-state index contributed by atoms with van der Waals surface area (Å²) in [7, 11) is 3.97. The maximum Gasteiger partial charge on any atom is 0.387 e. The lowest BCUT2D eigenvalue weighted by atomic mass is 10.0. The summed E-state index contributed by atoms with van der Waals surface area (Å²) < 4.78 is 28.8. The van der Waals surface area contributed by atoms with E-state index in [2.05, 4.69) is 26.5 Å². The molecule has 0 saturated carbocycles. The van der Waals surface area contributed by atoms with Gasteiger partial charge in [-0.3, -0.25) is 14.6 Å². The Hall–Kier alpha value is -1.77. The van der Waals surface area contributed by atoms with Crippen molar-refractivity contribution in [1.82, 2.24) is 19.6 Å². The van der Waals surface area contributed by atoms with Gasteiger partial charge >= 0.3 is 6.61 Å². The average molecular weight is 411 g/mol. The summed E-state index contributed by atoms with van der Waals surface area (Å²) in [5, 5.41) is 0. The van der Waals surface area contributed by atoms with Crippen LogP contribution in [0, 0.1) is 0 Å². The largest absolute Gasteiger partial charge is 0.435 e. The fraction of sp³-hybridized carbons (Fsp3) is 0.667. The fourth-order valence-electron chi connectivity index (χ4n) is 4.17. The number of piperidine rings is 1. The molecule has 0 aromatic heterocycles. The van der Waals surface area contributed by atoms with Crippen LogP contribution in [0.25, 0.3) is 0 Å². The summed E-state index contributed by atoms with van der Waals surface area (Å²) in [5.74, 6) is 0.198. The van der Waals surface area contributed by atoms with Crippen LogP contribution in [-0.2, 0) is 11.3 Å². The Kier molecular flexibility index (Phi) is 7.80. The molecular formula is C21H32F2N4O2. The second kappa shape index (κ2) is 10.3. The van der Waals surface area contributed by atoms with E-state index < -0.39 is 6.61 Å². The van der Waals surface area contributed by atoms with Gasteiger partial charge in [0.2, 0.25) is 5.91 Å². The van der Waals surface area contributed by atoms with Crippen LogP contribution in [0.4, 0.5) is 8.78 Å². The van der Waals surface area contributed by atoms with Gasteiger partial charge in [0.15, 0.2) is 0 Å². The van der Waals surface area contributed by atoms with Gasteiger partial charge in [0, 0.05) is 52.4 Å². The number of hydrogen-bond donors (Lipinski definition) is 0. The van der Waals surface area contributed by atoms with Crippen LogP contribution in [0.15, 0.2) is 24.3 Å². The summed E-state index contributed by atoms with van der Waals surface area (Å²) >= 11 is 0. The Morgan fingerprint density at radius 2 is 1.86 bits per heavy atom. The van der Waals surface area contributed by atoms with Crippen molar-refractivity contribution in [1.29, 1.82) is 0 Å². The molecule has 0 N–H and O–H groups in total. The molecular weight excluding hydrogens is 378 g/mol. The number of ether oxygens (including phenoxy) is 1. The monoisotopic (exact) mass is 410 g/mol. The zero-order valence-electron chi connectivity index (χ0n) is 17.4. The van der Waals surface area contributed by atoms with E-state index in [4.69, 9.17) is 0 Å². The van der Waals surface area contributed by atoms with Crippen molar-refractivity contribution in [3.05, 3.63) is 29.8 Å². The first kappa shape index (κ1) is 21.9. The van der Waals surface area contributed by atoms with Gasteiger partial charge in [0.25, 0.3) is 0 Å². The summed E-state index contributed by atoms with van der Waals surface area (Å²) in [4.78, 5) is 21.5. The number of carbonyl (C=O) groups excluding carboxylic acids is 1. The van der Waals surface area contributed by atoms with Crippen molar-refractivity contribution < 1.29 is 18.3 Å². The highest BCUT2D eigenvalue weighted by Crippen LogP contribution is 2.18. The van der Waals surface area contributed by atoms with Gasteiger partial charge in [-0.25, -0.2) is 0 Å². The summed E-state index contributed by atoms with van der Waals surface area (Å²) in [6.45, 7) is 4.23. The van der Waals surface area contributed by atoms with Gasteiger partial charge in [-0.2, -0.15) is 8.78 Å². The SMILES string of the molecule is CN1CCCC(N2CCN(CC(=O)N(C)Cc3ccc(OC(F)F)cc3)CC2)C1. The van der Waals surface area contributed by atoms with Crippen LogP contribution >= 0.6 is 0 Å². The first-order valence-electron chi connectivity index (χ1n) is 10.3. The molecule has 29 heavy (non-hydrogen) atoms. The highest BCUT2D eigenvalue weighted by molar-refractivity contribution is 5.78. The number of hydrogen-bond acceptors (Lipinski definition) is 5. The Morgan fingerprint density at radius 3 is 2.48 bits per heavy atom. The van der Waals surface area contributed by atoms with Crippen molar-refractivity contribution in [3.63, 3.8) is 0 Å². The topological polar surface area (TPSA) is 39.3 Å². The normalized spacial score (nSPS) is 22.0. The highest BCUT2D eigenvalue weighted by atomic mass is 19.3. The molecule has 2 heterocycles. The first-order chi connectivity index (χ1) is 13.9. The van der Waals surface area contributed by atoms with Crippen LogP contribution in [0.3, 0.4) is 0 Å². The number of rotatable bonds is 7. The summed E-state index contributed by atoms with van der Waals surface area (Å²) in [6.07, 6.45) is 2.53. The molecule has 0 radical (unpaired) electrons. The molecule has 0 aliphatic carbocycles. The zero-order chi connectivity index (χ0) is 20.8. The predicted molar refractivity (Wildman–Crippen MR) is 108 cm³/mol. The van der Waals surface area contributed by atoms with E-state index in [-0.39, 0.29) is 11.7 Å². The molecule has 1 aromatic carbocycles. The lowest BCUT2D eigenvalue weighted by Gasteiger charge is -2.42. The van der Waals surface area contributed by atoms with Crippen LogP contribution in [0.1, 0.15) is 18.4 Å². The minimum atomic E-state index is -2.83. The number of likely N-dealkylation sites (N-methyl/N-ethyl adjacent to an activating group) is 2. The van der Waals surface area contributed by atoms with Crippen molar-refractivity contribution in [2.24, 2.45) is 0 Å². The number of nitrogens with zero attached hydrogens (tertiary/aromatic N) is 4. The van der Waals surface area contributed by atoms with Gasteiger partial charge in [-0.15, -0.1) is 0 Å². The van der Waals surface area contributed by atoms with E-state index in [0.717, 1.165) is 38.3 Å². The zero-order valence-corrected chi connectivity index (χ0v) is 17.4. The van der Waals surface area contributed by atoms with E-state index in [9.17, 15) is 13.6 Å². The van der Waals surface area contributed by atoms with E-state index in [0.29, 0.717) is 19.1 Å². The number of piperazine rings is 1. The van der Waals surface area contributed by atoms with E-state index in [1.165, 1.54) is 31.5 Å². The first-order valence-corrected chi connectivity index (χ1v) is 10.3. The standard InChI is InChI=1S/C21H32F2N4O2/c1-24-9-3-4-18(15-24)27-12-10-26(11-13-27)16-20(28)25(2)14-17-5-7-19(8-6-17)29-21(22)23/h5-8,18,21H,3-4,9-16H2,1-2H3. The lowest BCUT2D eigenvalue weighted by Crippen LogP contribution is -2.55. The second-order valence-electron chi connectivity index (χ2n) is 8.14. The van der Waals surface area contributed by atoms with Gasteiger partial charge in [-0.05, 0) is 44.1 Å². The molecule has 2 aliphatic rings. The number of carbonyl (C=O) groups is 1. The second-order valence-corrected chi connectivity index (χ2v) is 8.14. The van der Waals surface area contributed by atoms with Crippen molar-refractivity contribution >= 4 is 5.91 Å². The van der Waals surface area contributed by atoms with Gasteiger partial charge in [0.05, 0.1) is 6.54 Å². The molecule has 3 rings (SSSR count). The highest BCUT2D eigenvalue weighted by Gasteiger charge is 2.27. The van der Waals surface area contributed by atoms with Gasteiger partial charge < -0.3 is 14.5 Å². The van der Waals surface area contributed by atoms with Crippen molar-refractivity contribution in [3.8, 4) is 5.75 Å². The maximum atomic E-state index is 12.6. The molecule has 1 aromatic rings. The molecule has 2 fully saturated rings. The molecule has 0 spiro atoms. The summed E-state index contributed by atoms with van der Waals surface area (Å²) in [6, 6.07) is 7.07. The fourth-order valence-corrected chi connectivity index (χ4v) is 4.17. The molecule has 6 nitrogen and oxygen atoms in total. The molecule has 1 atom stereocenters. The van der Waals surface area contributed by atoms with E-state index in [1.54, 1.807) is 24.1 Å². The Morgan fingerprint density at radius 1 is 1.17 bits per heavy atom. The molecule has 2 saturated heterocycles. The smallest absolute Gasteiger partial charge is 0.387 e. The van der Waals surface area contributed by atoms with Crippen LogP contribution in [0.5, 0.6) is 5.75 Å². The maximum absolute atomic E-state index is 12.6. The quantitative estimate of drug-likeness (QED) is 0.687. The third-order valence-electron chi connectivity index (χ3n) is 5.88. The lowest BCUT2D eigenvalue weighted by molar-refractivity contribution is -0.132. The van der Waals surface area contributed by atoms with E-state index in [1.807, 2.05) is 0 Å². The number of amides is 1. The molecule has 1 amide bonds. The Balaban J connectivity index is 1.41. The van der Waals surface area contributed by atoms with Crippen LogP contribution in [-0.4, -0.2) is 98.1 Å². The Bertz CT molecular complexity index is 651. The molecule has 8 heteroatoms. The average Bonchev–Trinajstić information content (AvgIpc) is 2.69. The molecule has 162 valence electrons. The predicted octanol–water partition coefficient (Wildman–Crippen LogP) is 1.96. The molecule has 2 aliphatic heterocycles. The minimum Gasteiger partial charge on any atom is -0.435 e. The number of halogens is 2. The number of alkyl halides is 2. The third kappa shape index (κ3) is 6.62. The van der Waals surface area contributed by atoms with Crippen molar-refractivity contribution in [2.45, 2.75) is 32.0 Å².